The number of nitrogens with two attached hydrogens (primary N) is 1. The minimum atomic E-state index is -0.878. The minimum absolute atomic E-state index is 0.224. The van der Waals surface area contributed by atoms with Gasteiger partial charge in [-0.2, -0.15) is 0 Å². The Bertz CT molecular complexity index is 1110. The van der Waals surface area contributed by atoms with Crippen molar-refractivity contribution in [2.24, 2.45) is 11.1 Å². The molecule has 0 saturated carbocycles. The van der Waals surface area contributed by atoms with E-state index in [9.17, 15) is 14.0 Å². The summed E-state index contributed by atoms with van der Waals surface area (Å²) in [6.45, 7) is 0.760. The fourth-order valence-corrected chi connectivity index (χ4v) is 4.23. The van der Waals surface area contributed by atoms with Crippen LogP contribution in [0.1, 0.15) is 28.9 Å². The van der Waals surface area contributed by atoms with Gasteiger partial charge in [-0.3, -0.25) is 14.6 Å². The van der Waals surface area contributed by atoms with E-state index in [-0.39, 0.29) is 24.0 Å². The molecule has 4 rings (SSSR count). The number of hydrogen-bond donors (Lipinski definition) is 1. The van der Waals surface area contributed by atoms with Crippen molar-refractivity contribution in [3.05, 3.63) is 84.2 Å². The van der Waals surface area contributed by atoms with Gasteiger partial charge in [0.2, 0.25) is 5.91 Å². The molecule has 0 unspecified atom stereocenters. The van der Waals surface area contributed by atoms with Crippen LogP contribution < -0.4 is 5.73 Å². The van der Waals surface area contributed by atoms with Gasteiger partial charge in [-0.05, 0) is 48.1 Å². The summed E-state index contributed by atoms with van der Waals surface area (Å²) in [6, 6.07) is 14.0. The van der Waals surface area contributed by atoms with E-state index < -0.39 is 11.3 Å². The van der Waals surface area contributed by atoms with Gasteiger partial charge in [-0.1, -0.05) is 36.4 Å². The lowest BCUT2D eigenvalue weighted by molar-refractivity contribution is -0.130. The van der Waals surface area contributed by atoms with E-state index in [1.54, 1.807) is 11.0 Å². The van der Waals surface area contributed by atoms with Crippen LogP contribution in [0.2, 0.25) is 0 Å². The number of rotatable bonds is 5. The van der Waals surface area contributed by atoms with E-state index in [2.05, 4.69) is 9.97 Å². The van der Waals surface area contributed by atoms with Crippen molar-refractivity contribution in [2.45, 2.75) is 19.3 Å². The van der Waals surface area contributed by atoms with Crippen LogP contribution in [-0.4, -0.2) is 39.8 Å². The van der Waals surface area contributed by atoms with E-state index in [0.29, 0.717) is 25.8 Å². The predicted molar refractivity (Wildman–Crippen MR) is 114 cm³/mol. The second-order valence-corrected chi connectivity index (χ2v) is 7.95. The smallest absolute Gasteiger partial charge is 0.274 e. The second kappa shape index (κ2) is 8.63. The molecular weight excluding hydrogens is 395 g/mol. The Morgan fingerprint density at radius 3 is 2.58 bits per heavy atom. The zero-order chi connectivity index (χ0) is 21.8. The average Bonchev–Trinajstić information content (AvgIpc) is 2.79. The van der Waals surface area contributed by atoms with Gasteiger partial charge in [0.05, 0.1) is 11.6 Å². The highest BCUT2D eigenvalue weighted by Gasteiger charge is 2.42. The highest BCUT2D eigenvalue weighted by atomic mass is 19.1. The van der Waals surface area contributed by atoms with E-state index in [1.165, 1.54) is 30.7 Å². The summed E-state index contributed by atoms with van der Waals surface area (Å²) in [6.07, 6.45) is 6.05. The summed E-state index contributed by atoms with van der Waals surface area (Å²) in [5, 5.41) is 0. The summed E-state index contributed by atoms with van der Waals surface area (Å²) in [5.74, 6) is -0.991. The van der Waals surface area contributed by atoms with Crippen LogP contribution in [0.25, 0.3) is 11.1 Å². The standard InChI is InChI=1S/C24H23FN4O2/c25-20-7-2-6-19(13-20)18-5-1-4-17(12-18)14-24(23(26)31)8-3-11-29(16-24)22(30)21-15-27-9-10-28-21/h1-2,4-7,9-10,12-13,15H,3,8,11,14,16H2,(H2,26,31)/t24-/m0/s1. The number of carbonyl (C=O) groups excluding carboxylic acids is 2. The van der Waals surface area contributed by atoms with Gasteiger partial charge in [-0.25, -0.2) is 9.37 Å². The van der Waals surface area contributed by atoms with Gasteiger partial charge in [0.1, 0.15) is 11.5 Å². The zero-order valence-electron chi connectivity index (χ0n) is 17.0. The Morgan fingerprint density at radius 2 is 1.87 bits per heavy atom. The lowest BCUT2D eigenvalue weighted by Crippen LogP contribution is -2.53. The Kier molecular flexibility index (Phi) is 5.75. The first-order chi connectivity index (χ1) is 15.0. The maximum Gasteiger partial charge on any atom is 0.274 e. The molecule has 0 radical (unpaired) electrons. The van der Waals surface area contributed by atoms with E-state index in [4.69, 9.17) is 5.73 Å². The van der Waals surface area contributed by atoms with Crippen molar-refractivity contribution in [3.8, 4) is 11.1 Å². The number of benzene rings is 2. The first-order valence-electron chi connectivity index (χ1n) is 10.2. The highest BCUT2D eigenvalue weighted by molar-refractivity contribution is 5.93. The summed E-state index contributed by atoms with van der Waals surface area (Å²) >= 11 is 0. The Hall–Kier alpha value is -3.61. The normalized spacial score (nSPS) is 18.5. The molecule has 0 bridgehead atoms. The number of piperidine rings is 1. The molecule has 6 nitrogen and oxygen atoms in total. The van der Waals surface area contributed by atoms with Crippen LogP contribution in [-0.2, 0) is 11.2 Å². The van der Waals surface area contributed by atoms with E-state index in [1.807, 2.05) is 30.3 Å². The van der Waals surface area contributed by atoms with E-state index >= 15 is 0 Å². The lowest BCUT2D eigenvalue weighted by Gasteiger charge is -2.40. The average molecular weight is 418 g/mol. The molecule has 1 saturated heterocycles. The third kappa shape index (κ3) is 4.45. The van der Waals surface area contributed by atoms with Gasteiger partial charge in [0, 0.05) is 25.5 Å². The van der Waals surface area contributed by atoms with Gasteiger partial charge < -0.3 is 10.6 Å². The van der Waals surface area contributed by atoms with Gasteiger partial charge in [0.25, 0.3) is 5.91 Å². The molecule has 2 amide bonds. The Morgan fingerprint density at radius 1 is 1.10 bits per heavy atom. The van der Waals surface area contributed by atoms with Crippen LogP contribution in [0.15, 0.2) is 67.1 Å². The Balaban J connectivity index is 1.60. The molecule has 2 aromatic carbocycles. The molecule has 1 aromatic heterocycles. The summed E-state index contributed by atoms with van der Waals surface area (Å²) < 4.78 is 13.6. The van der Waals surface area contributed by atoms with Gasteiger partial charge in [0.15, 0.2) is 0 Å². The zero-order valence-corrected chi connectivity index (χ0v) is 17.0. The number of nitrogens with zero attached hydrogens (tertiary/aromatic N) is 3. The number of primary amides is 1. The summed E-state index contributed by atoms with van der Waals surface area (Å²) in [7, 11) is 0. The molecule has 1 aliphatic heterocycles. The van der Waals surface area contributed by atoms with Crippen LogP contribution in [0.4, 0.5) is 4.39 Å². The molecule has 7 heteroatoms. The molecule has 1 fully saturated rings. The van der Waals surface area contributed by atoms with Crippen LogP contribution in [0.3, 0.4) is 0 Å². The van der Waals surface area contributed by atoms with Crippen molar-refractivity contribution >= 4 is 11.8 Å². The quantitative estimate of drug-likeness (QED) is 0.689. The minimum Gasteiger partial charge on any atom is -0.369 e. The molecule has 1 atom stereocenters. The van der Waals surface area contributed by atoms with E-state index in [0.717, 1.165) is 16.7 Å². The van der Waals surface area contributed by atoms with Crippen molar-refractivity contribution in [1.29, 1.82) is 0 Å². The predicted octanol–water partition coefficient (Wildman–Crippen LogP) is 3.23. The number of amides is 2. The topological polar surface area (TPSA) is 89.2 Å². The number of hydrogen-bond acceptors (Lipinski definition) is 4. The van der Waals surface area contributed by atoms with Crippen molar-refractivity contribution in [2.75, 3.05) is 13.1 Å². The van der Waals surface area contributed by atoms with Crippen LogP contribution >= 0.6 is 0 Å². The fraction of sp³-hybridized carbons (Fsp3) is 0.250. The molecule has 1 aliphatic rings. The molecule has 2 N–H and O–H groups in total. The third-order valence-electron chi connectivity index (χ3n) is 5.80. The van der Waals surface area contributed by atoms with Crippen molar-refractivity contribution in [1.82, 2.24) is 14.9 Å². The van der Waals surface area contributed by atoms with Crippen molar-refractivity contribution < 1.29 is 14.0 Å². The summed E-state index contributed by atoms with van der Waals surface area (Å²) in [5.41, 5.74) is 7.77. The monoisotopic (exact) mass is 418 g/mol. The molecule has 3 aromatic rings. The first-order valence-corrected chi connectivity index (χ1v) is 10.2. The molecule has 158 valence electrons. The maximum absolute atomic E-state index is 13.6. The Labute approximate surface area is 179 Å². The lowest BCUT2D eigenvalue weighted by atomic mass is 9.74. The molecular formula is C24H23FN4O2. The van der Waals surface area contributed by atoms with Crippen molar-refractivity contribution in [3.63, 3.8) is 0 Å². The number of likely N-dealkylation sites (tertiary alicyclic amines) is 1. The van der Waals surface area contributed by atoms with Gasteiger partial charge >= 0.3 is 0 Å². The number of carbonyl (C=O) groups is 2. The third-order valence-corrected chi connectivity index (χ3v) is 5.80. The first kappa shape index (κ1) is 20.7. The number of aromatic nitrogens is 2. The molecule has 31 heavy (non-hydrogen) atoms. The highest BCUT2D eigenvalue weighted by Crippen LogP contribution is 2.35. The molecule has 0 aliphatic carbocycles. The fourth-order valence-electron chi connectivity index (χ4n) is 4.23. The van der Waals surface area contributed by atoms with Gasteiger partial charge in [-0.15, -0.1) is 0 Å². The maximum atomic E-state index is 13.6. The molecule has 2 heterocycles. The SMILES string of the molecule is NC(=O)[C@]1(Cc2cccc(-c3cccc(F)c3)c2)CCCN(C(=O)c2cnccn2)C1. The van der Waals surface area contributed by atoms with Crippen LogP contribution in [0.5, 0.6) is 0 Å². The largest absolute Gasteiger partial charge is 0.369 e. The summed E-state index contributed by atoms with van der Waals surface area (Å²) in [4.78, 5) is 35.1. The number of halogens is 1. The molecule has 0 spiro atoms. The second-order valence-electron chi connectivity index (χ2n) is 7.95. The van der Waals surface area contributed by atoms with Crippen LogP contribution in [0, 0.1) is 11.2 Å².